The van der Waals surface area contributed by atoms with Gasteiger partial charge in [0.25, 0.3) is 0 Å². The van der Waals surface area contributed by atoms with Gasteiger partial charge >= 0.3 is 0 Å². The van der Waals surface area contributed by atoms with Crippen LogP contribution in [0.3, 0.4) is 0 Å². The van der Waals surface area contributed by atoms with Crippen LogP contribution in [0.1, 0.15) is 16.4 Å². The van der Waals surface area contributed by atoms with Crippen LogP contribution in [0.5, 0.6) is 0 Å². The van der Waals surface area contributed by atoms with Gasteiger partial charge in [-0.25, -0.2) is 0 Å². The van der Waals surface area contributed by atoms with Crippen molar-refractivity contribution in [3.05, 3.63) is 81.2 Å². The summed E-state index contributed by atoms with van der Waals surface area (Å²) in [6, 6.07) is 20.6. The third-order valence-corrected chi connectivity index (χ3v) is 6.79. The molecule has 6 heteroatoms. The zero-order valence-electron chi connectivity index (χ0n) is 15.7. The van der Waals surface area contributed by atoms with E-state index in [0.717, 1.165) is 17.0 Å². The molecule has 2 aromatic rings. The second-order valence-corrected chi connectivity index (χ2v) is 8.35. The maximum atomic E-state index is 10.1. The van der Waals surface area contributed by atoms with Crippen molar-refractivity contribution in [1.82, 2.24) is 4.90 Å². The van der Waals surface area contributed by atoms with Crippen LogP contribution in [0.4, 0.5) is 0 Å². The van der Waals surface area contributed by atoms with Crippen molar-refractivity contribution in [1.29, 1.82) is 15.8 Å². The average molecular weight is 398 g/mol. The molecule has 1 aliphatic carbocycles. The minimum atomic E-state index is -1.55. The Morgan fingerprint density at radius 1 is 1.10 bits per heavy atom. The summed E-state index contributed by atoms with van der Waals surface area (Å²) in [7, 11) is 0. The molecule has 1 aliphatic heterocycles. The first kappa shape index (κ1) is 19.0. The molecule has 29 heavy (non-hydrogen) atoms. The van der Waals surface area contributed by atoms with Crippen LogP contribution in [0.15, 0.2) is 70.8 Å². The monoisotopic (exact) mass is 397 g/mol. The van der Waals surface area contributed by atoms with E-state index in [-0.39, 0.29) is 11.6 Å². The Morgan fingerprint density at radius 3 is 2.48 bits per heavy atom. The lowest BCUT2D eigenvalue weighted by molar-refractivity contribution is 0.202. The Hall–Kier alpha value is -3.37. The van der Waals surface area contributed by atoms with Crippen molar-refractivity contribution < 1.29 is 0 Å². The van der Waals surface area contributed by atoms with E-state index in [1.807, 2.05) is 41.8 Å². The quantitative estimate of drug-likeness (QED) is 0.851. The molecule has 0 saturated carbocycles. The van der Waals surface area contributed by atoms with E-state index in [2.05, 4.69) is 35.2 Å². The van der Waals surface area contributed by atoms with Crippen molar-refractivity contribution >= 4 is 11.3 Å². The van der Waals surface area contributed by atoms with E-state index in [4.69, 9.17) is 5.73 Å². The molecule has 142 valence electrons. The number of nitrogens with zero attached hydrogens (tertiary/aromatic N) is 4. The van der Waals surface area contributed by atoms with Gasteiger partial charge < -0.3 is 5.73 Å². The van der Waals surface area contributed by atoms with Gasteiger partial charge in [0.2, 0.25) is 0 Å². The van der Waals surface area contributed by atoms with E-state index in [9.17, 15) is 15.8 Å². The highest BCUT2D eigenvalue weighted by atomic mass is 32.1. The molecule has 5 nitrogen and oxygen atoms in total. The lowest BCUT2D eigenvalue weighted by atomic mass is 9.59. The molecule has 2 atom stereocenters. The van der Waals surface area contributed by atoms with Gasteiger partial charge in [-0.2, -0.15) is 15.8 Å². The van der Waals surface area contributed by atoms with Crippen molar-refractivity contribution in [2.45, 2.75) is 12.5 Å². The molecule has 1 aromatic carbocycles. The summed E-state index contributed by atoms with van der Waals surface area (Å²) in [5, 5.41) is 31.9. The first-order valence-corrected chi connectivity index (χ1v) is 10.3. The van der Waals surface area contributed by atoms with Crippen molar-refractivity contribution in [3.8, 4) is 18.2 Å². The Kier molecular flexibility index (Phi) is 4.95. The number of hydrogen-bond donors (Lipinski definition) is 1. The van der Waals surface area contributed by atoms with Crippen LogP contribution < -0.4 is 5.73 Å². The summed E-state index contributed by atoms with van der Waals surface area (Å²) in [6.45, 7) is 2.13. The Morgan fingerprint density at radius 2 is 1.86 bits per heavy atom. The second-order valence-electron chi connectivity index (χ2n) is 7.37. The molecule has 1 aromatic heterocycles. The molecule has 0 fully saturated rings. The maximum Gasteiger partial charge on any atom is 0.192 e. The molecule has 2 heterocycles. The van der Waals surface area contributed by atoms with Gasteiger partial charge in [0, 0.05) is 36.3 Å². The lowest BCUT2D eigenvalue weighted by Gasteiger charge is -2.45. The summed E-state index contributed by atoms with van der Waals surface area (Å²) in [4.78, 5) is 3.24. The fraction of sp³-hybridized carbons (Fsp3) is 0.261. The SMILES string of the molecule is N#CC1=C(N)C(C#N)(C#N)[C@H](c2cccs2)[C@H]2CN(Cc3ccccc3)CC=C12. The van der Waals surface area contributed by atoms with E-state index in [0.29, 0.717) is 18.7 Å². The minimum Gasteiger partial charge on any atom is -0.399 e. The molecule has 2 N–H and O–H groups in total. The first-order valence-electron chi connectivity index (χ1n) is 9.37. The fourth-order valence-electron chi connectivity index (χ4n) is 4.48. The minimum absolute atomic E-state index is 0.0856. The number of fused-ring (bicyclic) bond motifs is 1. The number of thiophene rings is 1. The second kappa shape index (κ2) is 7.57. The summed E-state index contributed by atoms with van der Waals surface area (Å²) in [5.74, 6) is -0.549. The fourth-order valence-corrected chi connectivity index (χ4v) is 5.44. The van der Waals surface area contributed by atoms with Gasteiger partial charge in [0.05, 0.1) is 23.4 Å². The normalized spacial score (nSPS) is 23.3. The third-order valence-electron chi connectivity index (χ3n) is 5.84. The number of rotatable bonds is 3. The van der Waals surface area contributed by atoms with Crippen LogP contribution in [0.2, 0.25) is 0 Å². The van der Waals surface area contributed by atoms with Crippen LogP contribution >= 0.6 is 11.3 Å². The summed E-state index contributed by atoms with van der Waals surface area (Å²) >= 11 is 1.53. The number of benzene rings is 1. The number of nitriles is 3. The number of nitrogens with two attached hydrogens (primary N) is 1. The summed E-state index contributed by atoms with van der Waals surface area (Å²) < 4.78 is 0. The van der Waals surface area contributed by atoms with E-state index in [1.165, 1.54) is 16.9 Å². The van der Waals surface area contributed by atoms with Crippen LogP contribution in [-0.2, 0) is 6.54 Å². The van der Waals surface area contributed by atoms with Crippen molar-refractivity contribution in [2.75, 3.05) is 13.1 Å². The van der Waals surface area contributed by atoms with Gasteiger partial charge in [-0.15, -0.1) is 11.3 Å². The molecular formula is C23H19N5S. The number of allylic oxidation sites excluding steroid dienone is 2. The highest BCUT2D eigenvalue weighted by Crippen LogP contribution is 2.54. The molecule has 4 rings (SSSR count). The third kappa shape index (κ3) is 3.02. The van der Waals surface area contributed by atoms with Gasteiger partial charge in [0.1, 0.15) is 6.07 Å². The van der Waals surface area contributed by atoms with Crippen LogP contribution in [0.25, 0.3) is 0 Å². The molecule has 0 unspecified atom stereocenters. The van der Waals surface area contributed by atoms with Gasteiger partial charge in [-0.1, -0.05) is 42.5 Å². The van der Waals surface area contributed by atoms with E-state index < -0.39 is 11.3 Å². The molecule has 0 saturated heterocycles. The lowest BCUT2D eigenvalue weighted by Crippen LogP contribution is -2.47. The first-order chi connectivity index (χ1) is 14.1. The van der Waals surface area contributed by atoms with E-state index in [1.54, 1.807) is 0 Å². The Labute approximate surface area is 174 Å². The number of hydrogen-bond acceptors (Lipinski definition) is 6. The Balaban J connectivity index is 1.82. The van der Waals surface area contributed by atoms with Gasteiger partial charge in [-0.05, 0) is 22.6 Å². The predicted molar refractivity (Wildman–Crippen MR) is 111 cm³/mol. The van der Waals surface area contributed by atoms with Gasteiger partial charge in [-0.3, -0.25) is 4.90 Å². The highest BCUT2D eigenvalue weighted by Gasteiger charge is 2.54. The highest BCUT2D eigenvalue weighted by molar-refractivity contribution is 7.10. The molecule has 0 amide bonds. The molecular weight excluding hydrogens is 378 g/mol. The van der Waals surface area contributed by atoms with Crippen LogP contribution in [0, 0.1) is 45.3 Å². The van der Waals surface area contributed by atoms with E-state index >= 15 is 0 Å². The average Bonchev–Trinajstić information content (AvgIpc) is 3.28. The van der Waals surface area contributed by atoms with Crippen molar-refractivity contribution in [3.63, 3.8) is 0 Å². The summed E-state index contributed by atoms with van der Waals surface area (Å²) in [5.41, 5.74) is 7.22. The largest absolute Gasteiger partial charge is 0.399 e. The maximum absolute atomic E-state index is 10.1. The molecule has 2 aliphatic rings. The molecule has 0 radical (unpaired) electrons. The predicted octanol–water partition coefficient (Wildman–Crippen LogP) is 3.67. The smallest absolute Gasteiger partial charge is 0.192 e. The summed E-state index contributed by atoms with van der Waals surface area (Å²) in [6.07, 6.45) is 2.04. The van der Waals surface area contributed by atoms with Crippen LogP contribution in [-0.4, -0.2) is 18.0 Å². The zero-order valence-corrected chi connectivity index (χ0v) is 16.6. The standard InChI is InChI=1S/C23H19N5S/c24-11-18-17-8-9-28(12-16-5-2-1-3-6-16)13-19(17)21(20-7-4-10-29-20)23(14-25,15-26)22(18)27/h1-8,10,19,21H,9,12-13,27H2/t19-,21-/m0/s1. The Bertz CT molecular complexity index is 1080. The van der Waals surface area contributed by atoms with Gasteiger partial charge in [0.15, 0.2) is 5.41 Å². The molecule has 0 bridgehead atoms. The zero-order chi connectivity index (χ0) is 20.4. The molecule has 0 spiro atoms. The van der Waals surface area contributed by atoms with Crippen molar-refractivity contribution in [2.24, 2.45) is 17.1 Å². The topological polar surface area (TPSA) is 101 Å².